The fourth-order valence-electron chi connectivity index (χ4n) is 13.8. The first kappa shape index (κ1) is 123. The molecule has 34 N–H and O–H groups in total. The number of carboxylic acids is 1. The van der Waals surface area contributed by atoms with Crippen LogP contribution in [0.3, 0.4) is 0 Å². The van der Waals surface area contributed by atoms with Gasteiger partial charge in [0.25, 0.3) is 0 Å². The van der Waals surface area contributed by atoms with Crippen LogP contribution in [0.15, 0.2) is 15.0 Å². The van der Waals surface area contributed by atoms with Gasteiger partial charge in [-0.25, -0.2) is 0 Å². The number of guanidine groups is 3. The number of thioether (sulfide) groups is 4. The Bertz CT molecular complexity index is 3890. The van der Waals surface area contributed by atoms with Crippen molar-refractivity contribution in [2.75, 3.05) is 100 Å². The number of unbranched alkanes of at least 4 members (excludes halogenated alkanes) is 1. The molecule has 0 aromatic carbocycles. The van der Waals surface area contributed by atoms with Crippen LogP contribution in [0.4, 0.5) is 0 Å². The molecule has 1 aliphatic heterocycles. The highest BCUT2D eigenvalue weighted by atomic mass is 32.2. The van der Waals surface area contributed by atoms with E-state index >= 15 is 0 Å². The monoisotopic (exact) mass is 1990 g/mol. The van der Waals surface area contributed by atoms with E-state index in [0.717, 1.165) is 0 Å². The van der Waals surface area contributed by atoms with Gasteiger partial charge >= 0.3 is 5.97 Å². The second-order valence-corrected chi connectivity index (χ2v) is 37.3. The second-order valence-electron chi connectivity index (χ2n) is 33.4. The molecule has 1 rings (SSSR count). The summed E-state index contributed by atoms with van der Waals surface area (Å²) in [5.74, 6) is -16.1. The van der Waals surface area contributed by atoms with Crippen molar-refractivity contribution in [1.82, 2.24) is 84.7 Å². The second kappa shape index (κ2) is 68.7. The summed E-state index contributed by atoms with van der Waals surface area (Å²) in [7, 11) is 0. The Balaban J connectivity index is 3.81. The third-order valence-corrected chi connectivity index (χ3v) is 23.8. The van der Waals surface area contributed by atoms with Gasteiger partial charge in [-0.15, -0.1) is 0 Å². The van der Waals surface area contributed by atoms with Crippen molar-refractivity contribution in [3.05, 3.63) is 0 Å². The average Bonchev–Trinajstić information content (AvgIpc) is 1.69. The lowest BCUT2D eigenvalue weighted by atomic mass is 9.96. The van der Waals surface area contributed by atoms with Crippen LogP contribution in [-0.4, -0.2) is 342 Å². The highest BCUT2D eigenvalue weighted by Crippen LogP contribution is 2.23. The number of nitrogens with two attached hydrogens (primary N) is 8. The van der Waals surface area contributed by atoms with E-state index < -0.39 is 236 Å². The Morgan fingerprint density at radius 2 is 0.793 bits per heavy atom. The molecule has 17 atom stereocenters. The van der Waals surface area contributed by atoms with E-state index in [0.29, 0.717) is 42.8 Å². The molecular formula is C83H151N27O21S4. The Morgan fingerprint density at radius 3 is 1.19 bits per heavy atom. The van der Waals surface area contributed by atoms with Crippen molar-refractivity contribution in [1.29, 1.82) is 0 Å². The number of aliphatic imine (C=N–C) groups is 3. The third-order valence-electron chi connectivity index (χ3n) is 21.3. The van der Waals surface area contributed by atoms with Crippen molar-refractivity contribution < 1.29 is 102 Å². The molecule has 0 radical (unpaired) electrons. The maximum absolute atomic E-state index is 15.0. The van der Waals surface area contributed by atoms with Crippen molar-refractivity contribution in [2.24, 2.45) is 78.6 Å². The highest BCUT2D eigenvalue weighted by molar-refractivity contribution is 7.99. The number of aldehydes is 1. The molecule has 1 saturated heterocycles. The molecule has 1 aliphatic rings. The molecule has 0 bridgehead atoms. The number of likely N-dealkylation sites (tertiary alicyclic amines) is 1. The standard InChI is InChI=1S/C83H151N27O21S4/c1-12-47(6)65(79(130)105-57(29-38-135-11)72(123)106-58(39-45(2)3)75(126)103-55(27-36-133-9)71(122)102-54(26-35-132-8)67(118)96-49(43-111)19-15-31-92-81(86)87)109-74(125)50(20-13-14-30-84)98-68(119)51(21-16-32-93-82(88)89)99-69(120)52(22-17-33-94-83(90)91)100-70(121)53(24-25-64(116)117)101-76(127)60(44-112)107-73(124)56(28-37-134-10)104-77(128)61-23-18-34-110(61)80(131)59(40-46(4)5)97-63(115)42-95-78(129)66(48(7)113)108-62(114)41-85/h43,45-61,65-66,112-113H,12-42,44,84-85H2,1-11H3,(H,95,129)(H,96,118)(H,97,115)(H,98,119)(H,99,120)(H,100,121)(H,101,127)(H,102,122)(H,103,126)(H,104,128)(H,105,130)(H,106,123)(H,107,124)(H,108,114)(H,109,125)(H,116,117)(H4,86,87,92)(H4,88,89,93)(H4,90,91,94)/t47-,48+,49-,50-,51-,52-,53-,54-,55-,56-,57-,58-,59-,60-,61-,65-,66-/m0/s1. The summed E-state index contributed by atoms with van der Waals surface area (Å²) in [5, 5.41) is 69.6. The predicted octanol–water partition coefficient (Wildman–Crippen LogP) is -7.28. The Labute approximate surface area is 806 Å². The van der Waals surface area contributed by atoms with Gasteiger partial charge in [-0.05, 0) is 195 Å². The molecule has 1 fully saturated rings. The molecule has 768 valence electrons. The van der Waals surface area contributed by atoms with Crippen LogP contribution in [-0.2, 0) is 86.3 Å². The van der Waals surface area contributed by atoms with Gasteiger partial charge < -0.3 is 151 Å². The van der Waals surface area contributed by atoms with E-state index in [-0.39, 0.29) is 165 Å². The minimum Gasteiger partial charge on any atom is -0.481 e. The van der Waals surface area contributed by atoms with Gasteiger partial charge in [0.1, 0.15) is 90.9 Å². The number of carbonyl (C=O) groups is 18. The van der Waals surface area contributed by atoms with Crippen molar-refractivity contribution >= 4 is 172 Å². The number of aliphatic carboxylic acids is 1. The molecule has 0 aromatic heterocycles. The number of aliphatic hydroxyl groups is 2. The number of rotatable bonds is 71. The number of amides is 16. The fourth-order valence-corrected chi connectivity index (χ4v) is 15.6. The molecular weight excluding hydrogens is 1840 g/mol. The predicted molar refractivity (Wildman–Crippen MR) is 519 cm³/mol. The molecule has 1 heterocycles. The van der Waals surface area contributed by atoms with Crippen LogP contribution in [0.2, 0.25) is 0 Å². The first-order chi connectivity index (χ1) is 63.9. The summed E-state index contributed by atoms with van der Waals surface area (Å²) in [5.41, 5.74) is 44.7. The van der Waals surface area contributed by atoms with Gasteiger partial charge in [-0.3, -0.25) is 96.5 Å². The maximum Gasteiger partial charge on any atom is 0.303 e. The Kier molecular flexibility index (Phi) is 62.4. The SMILES string of the molecule is CC[C@H](C)[C@H](NC(=O)[C@H](CCCCN)NC(=O)[C@H](CCCN=C(N)N)NC(=O)[C@H](CCCN=C(N)N)NC(=O)[C@H](CCC(=O)O)NC(=O)[C@H](CO)NC(=O)[C@H](CCSC)NC(=O)[C@@H]1CCCN1C(=O)[C@H](CC(C)C)NC(=O)CNC(=O)[C@@H](NC(=O)CN)[C@@H](C)O)C(=O)N[C@@H](CCSC)C(=O)N[C@@H](CC(C)C)C(=O)N[C@@H](CCSC)C(=O)N[C@@H](CCSC)C(=O)N[C@H](C=O)CCCN=C(N)N. The highest BCUT2D eigenvalue weighted by Gasteiger charge is 2.42. The van der Waals surface area contributed by atoms with Crippen LogP contribution < -0.4 is 126 Å². The van der Waals surface area contributed by atoms with Crippen molar-refractivity contribution in [3.8, 4) is 0 Å². The van der Waals surface area contributed by atoms with E-state index in [2.05, 4.69) is 94.7 Å². The average molecular weight is 1990 g/mol. The van der Waals surface area contributed by atoms with Crippen LogP contribution in [0.5, 0.6) is 0 Å². The largest absolute Gasteiger partial charge is 0.481 e. The smallest absolute Gasteiger partial charge is 0.303 e. The normalized spacial score (nSPS) is 15.8. The summed E-state index contributed by atoms with van der Waals surface area (Å²) in [6, 6.07) is -21.2. The van der Waals surface area contributed by atoms with Crippen LogP contribution in [0.25, 0.3) is 0 Å². The molecule has 0 spiro atoms. The minimum atomic E-state index is -1.91. The summed E-state index contributed by atoms with van der Waals surface area (Å²) >= 11 is 5.42. The lowest BCUT2D eigenvalue weighted by Crippen LogP contribution is -2.61. The van der Waals surface area contributed by atoms with Gasteiger partial charge in [0, 0.05) is 32.6 Å². The molecule has 0 aliphatic carbocycles. The summed E-state index contributed by atoms with van der Waals surface area (Å²) in [6.45, 7) is 9.61. The lowest BCUT2D eigenvalue weighted by molar-refractivity contribution is -0.142. The number of hydrogen-bond acceptors (Lipinski definition) is 29. The molecule has 48 nitrogen and oxygen atoms in total. The van der Waals surface area contributed by atoms with Crippen LogP contribution in [0, 0.1) is 17.8 Å². The minimum absolute atomic E-state index is 0.0129. The zero-order valence-corrected chi connectivity index (χ0v) is 82.7. The zero-order valence-electron chi connectivity index (χ0n) is 79.4. The lowest BCUT2D eigenvalue weighted by Gasteiger charge is -2.31. The van der Waals surface area contributed by atoms with Crippen LogP contribution in [0.1, 0.15) is 177 Å². The van der Waals surface area contributed by atoms with Gasteiger partial charge in [0.15, 0.2) is 17.9 Å². The van der Waals surface area contributed by atoms with E-state index in [1.165, 1.54) is 58.9 Å². The first-order valence-corrected chi connectivity index (χ1v) is 50.8. The zero-order chi connectivity index (χ0) is 102. The Hall–Kier alpha value is -10.3. The number of nitrogens with one attached hydrogen (secondary N) is 15. The van der Waals surface area contributed by atoms with Gasteiger partial charge in [0.2, 0.25) is 94.5 Å². The number of nitrogens with zero attached hydrogens (tertiary/aromatic N) is 4. The fraction of sp³-hybridized carbons (Fsp3) is 0.747. The van der Waals surface area contributed by atoms with Gasteiger partial charge in [-0.2, -0.15) is 47.0 Å². The number of carboxylic acid groups (broad SMARTS) is 1. The molecule has 0 saturated carbocycles. The number of carbonyl (C=O) groups excluding carboxylic acids is 17. The van der Waals surface area contributed by atoms with Crippen LogP contribution >= 0.6 is 47.0 Å². The number of hydrogen-bond donors (Lipinski definition) is 26. The maximum atomic E-state index is 15.0. The molecule has 0 aromatic rings. The van der Waals surface area contributed by atoms with E-state index in [4.69, 9.17) is 45.9 Å². The van der Waals surface area contributed by atoms with E-state index in [1.54, 1.807) is 60.3 Å². The van der Waals surface area contributed by atoms with Gasteiger partial charge in [0.05, 0.1) is 31.8 Å². The third kappa shape index (κ3) is 49.9. The molecule has 135 heavy (non-hydrogen) atoms. The summed E-state index contributed by atoms with van der Waals surface area (Å²) in [4.78, 5) is 264. The summed E-state index contributed by atoms with van der Waals surface area (Å²) in [6.07, 6.45) is 6.13. The van der Waals surface area contributed by atoms with Crippen molar-refractivity contribution in [2.45, 2.75) is 274 Å². The molecule has 52 heteroatoms. The topological polar surface area (TPSA) is 797 Å². The molecule has 0 unspecified atom stereocenters. The first-order valence-electron chi connectivity index (χ1n) is 45.2. The van der Waals surface area contributed by atoms with E-state index in [9.17, 15) is 102 Å². The van der Waals surface area contributed by atoms with E-state index in [1.807, 2.05) is 6.26 Å². The number of aliphatic hydroxyl groups excluding tert-OH is 2. The van der Waals surface area contributed by atoms with Crippen molar-refractivity contribution in [3.63, 3.8) is 0 Å². The Morgan fingerprint density at radius 1 is 0.422 bits per heavy atom. The van der Waals surface area contributed by atoms with Gasteiger partial charge in [-0.1, -0.05) is 48.0 Å². The summed E-state index contributed by atoms with van der Waals surface area (Å²) < 4.78 is 0. The quantitative estimate of drug-likeness (QED) is 0.0116. The molecule has 16 amide bonds.